The van der Waals surface area contributed by atoms with E-state index in [4.69, 9.17) is 0 Å². The molecule has 8 nitrogen and oxygen atoms in total. The van der Waals surface area contributed by atoms with Gasteiger partial charge in [-0.3, -0.25) is 14.5 Å². The van der Waals surface area contributed by atoms with Crippen molar-refractivity contribution in [2.24, 2.45) is 5.92 Å². The molecule has 1 aromatic rings. The zero-order valence-corrected chi connectivity index (χ0v) is 20.9. The third-order valence-electron chi connectivity index (χ3n) is 6.39. The van der Waals surface area contributed by atoms with Crippen LogP contribution in [0, 0.1) is 12.8 Å². The summed E-state index contributed by atoms with van der Waals surface area (Å²) in [5, 5.41) is 0. The van der Waals surface area contributed by atoms with Crippen LogP contribution in [0.4, 0.5) is 0 Å². The van der Waals surface area contributed by atoms with E-state index in [0.717, 1.165) is 31.5 Å². The van der Waals surface area contributed by atoms with Gasteiger partial charge in [0.05, 0.1) is 11.4 Å². The molecule has 0 aliphatic carbocycles. The Kier molecular flexibility index (Phi) is 8.89. The molecule has 0 aromatic heterocycles. The van der Waals surface area contributed by atoms with Crippen LogP contribution < -0.4 is 4.72 Å². The van der Waals surface area contributed by atoms with Crippen molar-refractivity contribution in [1.29, 1.82) is 0 Å². The average Bonchev–Trinajstić information content (AvgIpc) is 2.79. The van der Waals surface area contributed by atoms with E-state index >= 15 is 0 Å². The highest BCUT2D eigenvalue weighted by molar-refractivity contribution is 7.89. The zero-order valence-electron chi connectivity index (χ0n) is 20.1. The summed E-state index contributed by atoms with van der Waals surface area (Å²) in [5.74, 6) is 0.127. The molecule has 2 aliphatic rings. The SMILES string of the molecule is Cc1ccc(S(=O)(=O)NC(CC(C)C)C(=O)N2CCN(CC(=O)N3CCCCC3)CC2)cc1. The number of piperidine rings is 1. The van der Waals surface area contributed by atoms with E-state index in [1.54, 1.807) is 29.2 Å². The van der Waals surface area contributed by atoms with Gasteiger partial charge in [-0.25, -0.2) is 8.42 Å². The Labute approximate surface area is 198 Å². The highest BCUT2D eigenvalue weighted by Gasteiger charge is 2.32. The van der Waals surface area contributed by atoms with Crippen LogP contribution in [0.5, 0.6) is 0 Å². The van der Waals surface area contributed by atoms with Crippen molar-refractivity contribution in [3.05, 3.63) is 29.8 Å². The van der Waals surface area contributed by atoms with Crippen molar-refractivity contribution < 1.29 is 18.0 Å². The second-order valence-electron chi connectivity index (χ2n) is 9.66. The van der Waals surface area contributed by atoms with Crippen LogP contribution in [-0.4, -0.2) is 86.8 Å². The molecule has 1 aromatic carbocycles. The van der Waals surface area contributed by atoms with E-state index in [2.05, 4.69) is 9.62 Å². The maximum atomic E-state index is 13.3. The lowest BCUT2D eigenvalue weighted by Gasteiger charge is -2.37. The lowest BCUT2D eigenvalue weighted by atomic mass is 10.0. The van der Waals surface area contributed by atoms with E-state index in [-0.39, 0.29) is 22.6 Å². The Bertz CT molecular complexity index is 903. The third-order valence-corrected chi connectivity index (χ3v) is 7.87. The molecular weight excluding hydrogens is 440 g/mol. The van der Waals surface area contributed by atoms with Crippen LogP contribution in [0.15, 0.2) is 29.2 Å². The lowest BCUT2D eigenvalue weighted by Crippen LogP contribution is -2.56. The molecule has 184 valence electrons. The Hall–Kier alpha value is -1.97. The normalized spacial score (nSPS) is 19.0. The van der Waals surface area contributed by atoms with Crippen LogP contribution in [0.2, 0.25) is 0 Å². The van der Waals surface area contributed by atoms with Crippen molar-refractivity contribution in [3.63, 3.8) is 0 Å². The quantitative estimate of drug-likeness (QED) is 0.616. The number of hydrogen-bond donors (Lipinski definition) is 1. The average molecular weight is 479 g/mol. The molecule has 2 saturated heterocycles. The van der Waals surface area contributed by atoms with Crippen molar-refractivity contribution in [1.82, 2.24) is 19.4 Å². The number of carbonyl (C=O) groups excluding carboxylic acids is 2. The summed E-state index contributed by atoms with van der Waals surface area (Å²) < 4.78 is 28.5. The molecule has 0 radical (unpaired) electrons. The van der Waals surface area contributed by atoms with Crippen LogP contribution in [0.25, 0.3) is 0 Å². The van der Waals surface area contributed by atoms with Crippen molar-refractivity contribution >= 4 is 21.8 Å². The van der Waals surface area contributed by atoms with Gasteiger partial charge in [-0.05, 0) is 50.7 Å². The van der Waals surface area contributed by atoms with E-state index in [1.807, 2.05) is 25.7 Å². The second-order valence-corrected chi connectivity index (χ2v) is 11.4. The molecule has 2 fully saturated rings. The third kappa shape index (κ3) is 7.25. The Balaban J connectivity index is 1.58. The highest BCUT2D eigenvalue weighted by Crippen LogP contribution is 2.16. The van der Waals surface area contributed by atoms with Gasteiger partial charge in [0.2, 0.25) is 21.8 Å². The van der Waals surface area contributed by atoms with Crippen LogP contribution in [-0.2, 0) is 19.6 Å². The number of hydrogen-bond acceptors (Lipinski definition) is 5. The van der Waals surface area contributed by atoms with Gasteiger partial charge >= 0.3 is 0 Å². The fourth-order valence-electron chi connectivity index (χ4n) is 4.42. The second kappa shape index (κ2) is 11.4. The molecule has 2 amide bonds. The molecule has 1 atom stereocenters. The van der Waals surface area contributed by atoms with Gasteiger partial charge in [-0.15, -0.1) is 0 Å². The fraction of sp³-hybridized carbons (Fsp3) is 0.667. The summed E-state index contributed by atoms with van der Waals surface area (Å²) in [4.78, 5) is 31.8. The first-order chi connectivity index (χ1) is 15.7. The first-order valence-electron chi connectivity index (χ1n) is 12.0. The van der Waals surface area contributed by atoms with Gasteiger partial charge < -0.3 is 9.80 Å². The molecule has 2 heterocycles. The standard InChI is InChI=1S/C24H38N4O4S/c1-19(2)17-22(25-33(31,32)21-9-7-20(3)8-10-21)24(30)28-15-13-26(14-16-28)18-23(29)27-11-5-4-6-12-27/h7-10,19,22,25H,4-6,11-18H2,1-3H3. The van der Waals surface area contributed by atoms with E-state index < -0.39 is 16.1 Å². The number of rotatable bonds is 8. The van der Waals surface area contributed by atoms with Gasteiger partial charge in [0.25, 0.3) is 0 Å². The van der Waals surface area contributed by atoms with Gasteiger partial charge in [-0.2, -0.15) is 4.72 Å². The molecule has 9 heteroatoms. The molecule has 0 bridgehead atoms. The number of nitrogens with one attached hydrogen (secondary N) is 1. The lowest BCUT2D eigenvalue weighted by molar-refractivity contribution is -0.136. The monoisotopic (exact) mass is 478 g/mol. The molecular formula is C24H38N4O4S. The number of likely N-dealkylation sites (tertiary alicyclic amines) is 1. The van der Waals surface area contributed by atoms with E-state index in [1.165, 1.54) is 6.42 Å². The number of piperazine rings is 1. The van der Waals surface area contributed by atoms with Crippen LogP contribution >= 0.6 is 0 Å². The highest BCUT2D eigenvalue weighted by atomic mass is 32.2. The van der Waals surface area contributed by atoms with Crippen molar-refractivity contribution in [3.8, 4) is 0 Å². The minimum absolute atomic E-state index is 0.156. The summed E-state index contributed by atoms with van der Waals surface area (Å²) in [6.07, 6.45) is 3.76. The largest absolute Gasteiger partial charge is 0.342 e. The number of nitrogens with zero attached hydrogens (tertiary/aromatic N) is 3. The van der Waals surface area contributed by atoms with Gasteiger partial charge in [0.1, 0.15) is 6.04 Å². The Morgan fingerprint density at radius 2 is 1.52 bits per heavy atom. The predicted molar refractivity (Wildman–Crippen MR) is 128 cm³/mol. The Morgan fingerprint density at radius 1 is 0.909 bits per heavy atom. The molecule has 3 rings (SSSR count). The first kappa shape index (κ1) is 25.6. The minimum atomic E-state index is -3.80. The summed E-state index contributed by atoms with van der Waals surface area (Å²) in [6.45, 7) is 10.1. The number of sulfonamides is 1. The summed E-state index contributed by atoms with van der Waals surface area (Å²) >= 11 is 0. The van der Waals surface area contributed by atoms with Crippen LogP contribution in [0.1, 0.15) is 45.1 Å². The smallest absolute Gasteiger partial charge is 0.241 e. The zero-order chi connectivity index (χ0) is 24.0. The molecule has 33 heavy (non-hydrogen) atoms. The number of carbonyl (C=O) groups is 2. The predicted octanol–water partition coefficient (Wildman–Crippen LogP) is 1.84. The Morgan fingerprint density at radius 3 is 2.09 bits per heavy atom. The van der Waals surface area contributed by atoms with Gasteiger partial charge in [-0.1, -0.05) is 31.5 Å². The fourth-order valence-corrected chi connectivity index (χ4v) is 5.63. The van der Waals surface area contributed by atoms with Crippen LogP contribution in [0.3, 0.4) is 0 Å². The van der Waals surface area contributed by atoms with Crippen molar-refractivity contribution in [2.45, 2.75) is 57.4 Å². The molecule has 1 unspecified atom stereocenters. The maximum Gasteiger partial charge on any atom is 0.241 e. The molecule has 0 saturated carbocycles. The molecule has 1 N–H and O–H groups in total. The maximum absolute atomic E-state index is 13.3. The minimum Gasteiger partial charge on any atom is -0.342 e. The number of benzene rings is 1. The molecule has 2 aliphatic heterocycles. The van der Waals surface area contributed by atoms with Gasteiger partial charge in [0, 0.05) is 39.3 Å². The number of amides is 2. The summed E-state index contributed by atoms with van der Waals surface area (Å²) in [5.41, 5.74) is 0.973. The van der Waals surface area contributed by atoms with E-state index in [9.17, 15) is 18.0 Å². The van der Waals surface area contributed by atoms with E-state index in [0.29, 0.717) is 39.1 Å². The first-order valence-corrected chi connectivity index (χ1v) is 13.5. The molecule has 0 spiro atoms. The topological polar surface area (TPSA) is 90.0 Å². The van der Waals surface area contributed by atoms with Crippen molar-refractivity contribution in [2.75, 3.05) is 45.8 Å². The summed E-state index contributed by atoms with van der Waals surface area (Å²) in [6, 6.07) is 5.81. The van der Waals surface area contributed by atoms with Gasteiger partial charge in [0.15, 0.2) is 0 Å². The number of aryl methyl sites for hydroxylation is 1. The summed E-state index contributed by atoms with van der Waals surface area (Å²) in [7, 11) is -3.80.